The van der Waals surface area contributed by atoms with Gasteiger partial charge in [0.05, 0.1) is 18.5 Å². The van der Waals surface area contributed by atoms with Gasteiger partial charge in [0.1, 0.15) is 17.4 Å². The van der Waals surface area contributed by atoms with Crippen molar-refractivity contribution >= 4 is 46.4 Å². The minimum absolute atomic E-state index is 0. The van der Waals surface area contributed by atoms with Crippen LogP contribution in [0.25, 0.3) is 10.9 Å². The Balaban J connectivity index is 0.00000192. The van der Waals surface area contributed by atoms with Crippen molar-refractivity contribution in [3.63, 3.8) is 0 Å². The number of para-hydroxylation sites is 1. The van der Waals surface area contributed by atoms with Crippen molar-refractivity contribution in [2.75, 3.05) is 19.1 Å². The lowest BCUT2D eigenvalue weighted by Crippen LogP contribution is -2.13. The van der Waals surface area contributed by atoms with Gasteiger partial charge in [0.25, 0.3) is 0 Å². The first kappa shape index (κ1) is 17.3. The van der Waals surface area contributed by atoms with Crippen LogP contribution in [0.2, 0.25) is 0 Å². The molecule has 0 aliphatic heterocycles. The predicted molar refractivity (Wildman–Crippen MR) is 97.4 cm³/mol. The number of alkyl halides is 1. The summed E-state index contributed by atoms with van der Waals surface area (Å²) in [6, 6.07) is 15.8. The van der Waals surface area contributed by atoms with Gasteiger partial charge in [-0.05, 0) is 36.4 Å². The second kappa shape index (κ2) is 7.49. The summed E-state index contributed by atoms with van der Waals surface area (Å²) >= 11 is 5.93. The van der Waals surface area contributed by atoms with E-state index in [2.05, 4.69) is 9.97 Å². The van der Waals surface area contributed by atoms with E-state index < -0.39 is 0 Å². The molecule has 0 saturated heterocycles. The monoisotopic (exact) mass is 349 g/mol. The molecule has 0 atom stereocenters. The molecule has 0 saturated carbocycles. The lowest BCUT2D eigenvalue weighted by atomic mass is 10.2. The highest BCUT2D eigenvalue weighted by Gasteiger charge is 2.12. The average molecular weight is 350 g/mol. The molecule has 23 heavy (non-hydrogen) atoms. The average Bonchev–Trinajstić information content (AvgIpc) is 2.60. The van der Waals surface area contributed by atoms with Gasteiger partial charge >= 0.3 is 0 Å². The lowest BCUT2D eigenvalue weighted by molar-refractivity contribution is 0.415. The van der Waals surface area contributed by atoms with Crippen LogP contribution < -0.4 is 9.64 Å². The van der Waals surface area contributed by atoms with Crippen molar-refractivity contribution in [1.29, 1.82) is 0 Å². The van der Waals surface area contributed by atoms with Crippen LogP contribution in [-0.4, -0.2) is 24.1 Å². The lowest BCUT2D eigenvalue weighted by Gasteiger charge is -2.20. The molecule has 0 aliphatic carbocycles. The first-order chi connectivity index (χ1) is 10.7. The van der Waals surface area contributed by atoms with Gasteiger partial charge in [0, 0.05) is 18.1 Å². The molecular weight excluding hydrogens is 333 g/mol. The van der Waals surface area contributed by atoms with Crippen molar-refractivity contribution in [1.82, 2.24) is 9.97 Å². The van der Waals surface area contributed by atoms with Crippen LogP contribution in [0, 0.1) is 0 Å². The normalized spacial score (nSPS) is 10.2. The molecule has 4 nitrogen and oxygen atoms in total. The highest BCUT2D eigenvalue weighted by Crippen LogP contribution is 2.29. The number of hydrogen-bond acceptors (Lipinski definition) is 4. The summed E-state index contributed by atoms with van der Waals surface area (Å²) in [4.78, 5) is 11.1. The molecular formula is C17H17Cl2N3O. The van der Waals surface area contributed by atoms with Gasteiger partial charge in [0.15, 0.2) is 0 Å². The van der Waals surface area contributed by atoms with Crippen LogP contribution in [0.3, 0.4) is 0 Å². The number of rotatable bonds is 4. The number of aromatic nitrogens is 2. The number of nitrogens with zero attached hydrogens (tertiary/aromatic N) is 3. The molecule has 2 aromatic carbocycles. The maximum Gasteiger partial charge on any atom is 0.146 e. The molecule has 1 heterocycles. The largest absolute Gasteiger partial charge is 0.497 e. The molecule has 0 spiro atoms. The van der Waals surface area contributed by atoms with E-state index in [9.17, 15) is 0 Å². The van der Waals surface area contributed by atoms with Crippen molar-refractivity contribution < 1.29 is 4.74 Å². The summed E-state index contributed by atoms with van der Waals surface area (Å²) in [5, 5.41) is 0.995. The van der Waals surface area contributed by atoms with Crippen molar-refractivity contribution in [2.45, 2.75) is 5.88 Å². The third-order valence-corrected chi connectivity index (χ3v) is 3.77. The van der Waals surface area contributed by atoms with E-state index in [0.29, 0.717) is 5.82 Å². The molecule has 0 N–H and O–H groups in total. The number of hydrogen-bond donors (Lipinski definition) is 0. The minimum atomic E-state index is 0. The minimum Gasteiger partial charge on any atom is -0.497 e. The first-order valence-electron chi connectivity index (χ1n) is 6.92. The predicted octanol–water partition coefficient (Wildman–Crippen LogP) is 4.57. The van der Waals surface area contributed by atoms with Crippen LogP contribution in [0.15, 0.2) is 48.5 Å². The highest BCUT2D eigenvalue weighted by molar-refractivity contribution is 6.16. The Kier molecular flexibility index (Phi) is 5.64. The Bertz CT molecular complexity index is 793. The number of anilines is 2. The molecule has 3 aromatic rings. The maximum atomic E-state index is 5.93. The molecule has 3 rings (SSSR count). The summed E-state index contributed by atoms with van der Waals surface area (Å²) in [6.07, 6.45) is 0. The molecule has 0 aliphatic rings. The van der Waals surface area contributed by atoms with Crippen molar-refractivity contribution in [3.8, 4) is 5.75 Å². The molecule has 0 bridgehead atoms. The first-order valence-corrected chi connectivity index (χ1v) is 7.46. The highest BCUT2D eigenvalue weighted by atomic mass is 35.5. The number of fused-ring (bicyclic) bond motifs is 1. The Morgan fingerprint density at radius 3 is 2.39 bits per heavy atom. The van der Waals surface area contributed by atoms with Crippen LogP contribution in [0.4, 0.5) is 11.5 Å². The zero-order chi connectivity index (χ0) is 15.5. The fraction of sp³-hybridized carbons (Fsp3) is 0.176. The van der Waals surface area contributed by atoms with Gasteiger partial charge in [-0.2, -0.15) is 0 Å². The van der Waals surface area contributed by atoms with Gasteiger partial charge in [-0.3, -0.25) is 0 Å². The number of methoxy groups -OCH3 is 1. The summed E-state index contributed by atoms with van der Waals surface area (Å²) in [6.45, 7) is 0. The molecule has 1 aromatic heterocycles. The van der Waals surface area contributed by atoms with E-state index in [0.717, 1.165) is 28.2 Å². The summed E-state index contributed by atoms with van der Waals surface area (Å²) in [5.74, 6) is 2.57. The van der Waals surface area contributed by atoms with Crippen molar-refractivity contribution in [3.05, 3.63) is 54.4 Å². The number of benzene rings is 2. The van der Waals surface area contributed by atoms with E-state index in [1.807, 2.05) is 60.5 Å². The summed E-state index contributed by atoms with van der Waals surface area (Å²) in [7, 11) is 3.64. The van der Waals surface area contributed by atoms with E-state index in [1.54, 1.807) is 7.11 Å². The van der Waals surface area contributed by atoms with Crippen molar-refractivity contribution in [2.24, 2.45) is 0 Å². The Labute approximate surface area is 146 Å². The smallest absolute Gasteiger partial charge is 0.146 e. The molecule has 120 valence electrons. The third kappa shape index (κ3) is 3.49. The fourth-order valence-corrected chi connectivity index (χ4v) is 2.47. The van der Waals surface area contributed by atoms with E-state index in [1.165, 1.54) is 0 Å². The third-order valence-electron chi connectivity index (χ3n) is 3.53. The van der Waals surface area contributed by atoms with Crippen LogP contribution in [0.5, 0.6) is 5.75 Å². The standard InChI is InChI=1S/C17H16ClN3O.ClH/c1-21(12-7-9-13(22-2)10-8-12)17-14-5-3-4-6-15(14)19-16(11-18)20-17;/h3-10H,11H2,1-2H3;1H. The van der Waals surface area contributed by atoms with Gasteiger partial charge in [-0.25, -0.2) is 9.97 Å². The summed E-state index contributed by atoms with van der Waals surface area (Å²) < 4.78 is 5.20. The molecule has 0 unspecified atom stereocenters. The van der Waals surface area contributed by atoms with Crippen LogP contribution >= 0.6 is 24.0 Å². The quantitative estimate of drug-likeness (QED) is 0.646. The maximum absolute atomic E-state index is 5.93. The molecule has 0 radical (unpaired) electrons. The SMILES string of the molecule is COc1ccc(N(C)c2nc(CCl)nc3ccccc23)cc1.Cl. The molecule has 6 heteroatoms. The molecule has 0 fully saturated rings. The second-order valence-electron chi connectivity index (χ2n) is 4.87. The zero-order valence-electron chi connectivity index (χ0n) is 12.9. The topological polar surface area (TPSA) is 38.2 Å². The summed E-state index contributed by atoms with van der Waals surface area (Å²) in [5.41, 5.74) is 1.91. The van der Waals surface area contributed by atoms with Gasteiger partial charge in [-0.15, -0.1) is 24.0 Å². The van der Waals surface area contributed by atoms with Crippen LogP contribution in [-0.2, 0) is 5.88 Å². The van der Waals surface area contributed by atoms with Gasteiger partial charge in [0.2, 0.25) is 0 Å². The van der Waals surface area contributed by atoms with E-state index in [4.69, 9.17) is 16.3 Å². The number of ether oxygens (including phenoxy) is 1. The van der Waals surface area contributed by atoms with Gasteiger partial charge in [-0.1, -0.05) is 12.1 Å². The van der Waals surface area contributed by atoms with Gasteiger partial charge < -0.3 is 9.64 Å². The van der Waals surface area contributed by atoms with E-state index >= 15 is 0 Å². The second-order valence-corrected chi connectivity index (χ2v) is 5.14. The Morgan fingerprint density at radius 2 is 1.74 bits per heavy atom. The van der Waals surface area contributed by atoms with Crippen LogP contribution in [0.1, 0.15) is 5.82 Å². The number of halogens is 2. The Morgan fingerprint density at radius 1 is 1.04 bits per heavy atom. The van der Waals surface area contributed by atoms with E-state index in [-0.39, 0.29) is 18.3 Å². The zero-order valence-corrected chi connectivity index (χ0v) is 14.4. The fourth-order valence-electron chi connectivity index (χ4n) is 2.35. The Hall–Kier alpha value is -2.04. The molecule has 0 amide bonds.